The predicted octanol–water partition coefficient (Wildman–Crippen LogP) is 3.07. The Morgan fingerprint density at radius 1 is 1.16 bits per heavy atom. The summed E-state index contributed by atoms with van der Waals surface area (Å²) in [5.41, 5.74) is 2.23. The van der Waals surface area contributed by atoms with Gasteiger partial charge in [-0.1, -0.05) is 0 Å². The molecule has 1 atom stereocenters. The number of aromatic nitrogens is 2. The second-order valence-corrected chi connectivity index (χ2v) is 7.05. The molecule has 0 fully saturated rings. The zero-order chi connectivity index (χ0) is 22.5. The lowest BCUT2D eigenvalue weighted by molar-refractivity contribution is 0.0591. The number of pyridine rings is 1. The molecule has 0 aliphatic heterocycles. The van der Waals surface area contributed by atoms with E-state index in [1.54, 1.807) is 56.3 Å². The molecule has 0 bridgehead atoms. The van der Waals surface area contributed by atoms with Gasteiger partial charge in [0.2, 0.25) is 0 Å². The summed E-state index contributed by atoms with van der Waals surface area (Å²) in [4.78, 5) is 29.9. The molecule has 3 aromatic rings. The molecule has 0 aliphatic rings. The molecule has 1 aromatic carbocycles. The third-order valence-corrected chi connectivity index (χ3v) is 4.83. The van der Waals surface area contributed by atoms with E-state index in [1.165, 1.54) is 7.11 Å². The van der Waals surface area contributed by atoms with Crippen molar-refractivity contribution in [1.29, 1.82) is 0 Å². The van der Waals surface area contributed by atoms with Crippen LogP contribution in [0.2, 0.25) is 0 Å². The highest BCUT2D eigenvalue weighted by atomic mass is 16.5. The van der Waals surface area contributed by atoms with Crippen LogP contribution in [0.5, 0.6) is 5.75 Å². The first kappa shape index (κ1) is 22.1. The minimum absolute atomic E-state index is 0.0466. The monoisotopic (exact) mass is 426 g/mol. The van der Waals surface area contributed by atoms with Gasteiger partial charge in [0.05, 0.1) is 38.4 Å². The van der Waals surface area contributed by atoms with Crippen LogP contribution in [-0.2, 0) is 16.5 Å². The van der Waals surface area contributed by atoms with E-state index < -0.39 is 5.97 Å². The first-order chi connectivity index (χ1) is 14.9. The van der Waals surface area contributed by atoms with Crippen molar-refractivity contribution in [2.45, 2.75) is 13.0 Å². The molecule has 9 nitrogen and oxygen atoms in total. The van der Waals surface area contributed by atoms with Gasteiger partial charge < -0.3 is 29.4 Å². The number of anilines is 2. The van der Waals surface area contributed by atoms with Gasteiger partial charge in [0.25, 0.3) is 5.91 Å². The van der Waals surface area contributed by atoms with Crippen LogP contribution in [0.4, 0.5) is 11.4 Å². The molecule has 0 spiro atoms. The Balaban J connectivity index is 2.04. The average molecular weight is 426 g/mol. The van der Waals surface area contributed by atoms with E-state index in [9.17, 15) is 9.59 Å². The van der Waals surface area contributed by atoms with Gasteiger partial charge in [-0.3, -0.25) is 4.79 Å². The first-order valence-corrected chi connectivity index (χ1v) is 9.67. The van der Waals surface area contributed by atoms with Crippen molar-refractivity contribution in [2.24, 2.45) is 7.05 Å². The molecule has 9 heteroatoms. The Morgan fingerprint density at radius 2 is 1.87 bits per heavy atom. The number of carbonyl (C=O) groups is 2. The minimum Gasteiger partial charge on any atom is -0.497 e. The Kier molecular flexibility index (Phi) is 6.76. The molecule has 0 aliphatic carbocycles. The lowest BCUT2D eigenvalue weighted by Gasteiger charge is -2.14. The molecule has 164 valence electrons. The molecular weight excluding hydrogens is 400 g/mol. The summed E-state index contributed by atoms with van der Waals surface area (Å²) < 4.78 is 16.8. The van der Waals surface area contributed by atoms with Crippen LogP contribution in [0.25, 0.3) is 11.0 Å². The van der Waals surface area contributed by atoms with Gasteiger partial charge in [-0.05, 0) is 37.3 Å². The van der Waals surface area contributed by atoms with Crippen LogP contribution >= 0.6 is 0 Å². The van der Waals surface area contributed by atoms with E-state index >= 15 is 0 Å². The fourth-order valence-corrected chi connectivity index (χ4v) is 3.36. The molecule has 0 unspecified atom stereocenters. The largest absolute Gasteiger partial charge is 0.497 e. The maximum atomic E-state index is 12.9. The van der Waals surface area contributed by atoms with Crippen molar-refractivity contribution >= 4 is 34.3 Å². The minimum atomic E-state index is -0.576. The van der Waals surface area contributed by atoms with Gasteiger partial charge in [-0.15, -0.1) is 0 Å². The Hall–Kier alpha value is -3.59. The number of methoxy groups -OCH3 is 3. The quantitative estimate of drug-likeness (QED) is 0.534. The van der Waals surface area contributed by atoms with E-state index in [1.807, 2.05) is 13.0 Å². The number of hydrogen-bond donors (Lipinski definition) is 2. The standard InChI is InChI=1S/C22H26N4O5/c1-13(12-29-3)24-15-10-17-18(19(22(28)31-5)26(2)20(17)23-11-15)25-21(27)14-6-8-16(30-4)9-7-14/h6-11,13,24H,12H2,1-5H3,(H,25,27)/t13-/m0/s1. The highest BCUT2D eigenvalue weighted by Gasteiger charge is 2.25. The summed E-state index contributed by atoms with van der Waals surface area (Å²) in [7, 11) is 6.18. The Labute approximate surface area is 180 Å². The molecule has 0 radical (unpaired) electrons. The first-order valence-electron chi connectivity index (χ1n) is 9.67. The van der Waals surface area contributed by atoms with Gasteiger partial charge in [0.1, 0.15) is 11.4 Å². The number of rotatable bonds is 8. The molecule has 3 rings (SSSR count). The number of ether oxygens (including phenoxy) is 3. The lowest BCUT2D eigenvalue weighted by Crippen LogP contribution is -2.20. The molecule has 2 aromatic heterocycles. The molecule has 1 amide bonds. The van der Waals surface area contributed by atoms with Gasteiger partial charge >= 0.3 is 5.97 Å². The smallest absolute Gasteiger partial charge is 0.356 e. The SMILES string of the molecule is COC[C@H](C)Nc1cnc2c(c1)c(NC(=O)c1ccc(OC)cc1)c(C(=O)OC)n2C. The summed E-state index contributed by atoms with van der Waals surface area (Å²) in [6, 6.07) is 8.57. The van der Waals surface area contributed by atoms with Gasteiger partial charge in [-0.25, -0.2) is 9.78 Å². The number of amides is 1. The van der Waals surface area contributed by atoms with Crippen molar-refractivity contribution in [3.8, 4) is 5.75 Å². The summed E-state index contributed by atoms with van der Waals surface area (Å²) in [5, 5.41) is 6.76. The van der Waals surface area contributed by atoms with Crippen molar-refractivity contribution in [1.82, 2.24) is 9.55 Å². The fourth-order valence-electron chi connectivity index (χ4n) is 3.36. The molecule has 2 heterocycles. The van der Waals surface area contributed by atoms with Crippen molar-refractivity contribution in [3.05, 3.63) is 47.8 Å². The number of esters is 1. The Bertz CT molecular complexity index is 1090. The topological polar surface area (TPSA) is 104 Å². The second kappa shape index (κ2) is 9.48. The van der Waals surface area contributed by atoms with Crippen molar-refractivity contribution in [2.75, 3.05) is 38.6 Å². The molecule has 31 heavy (non-hydrogen) atoms. The number of nitrogens with zero attached hydrogens (tertiary/aromatic N) is 2. The third-order valence-electron chi connectivity index (χ3n) is 4.83. The normalized spacial score (nSPS) is 11.8. The number of nitrogens with one attached hydrogen (secondary N) is 2. The van der Waals surface area contributed by atoms with Gasteiger partial charge in [0.15, 0.2) is 5.69 Å². The molecular formula is C22H26N4O5. The zero-order valence-electron chi connectivity index (χ0n) is 18.2. The average Bonchev–Trinajstić information content (AvgIpc) is 3.04. The maximum absolute atomic E-state index is 12.9. The highest BCUT2D eigenvalue weighted by Crippen LogP contribution is 2.32. The van der Waals surface area contributed by atoms with Gasteiger partial charge in [-0.2, -0.15) is 0 Å². The number of hydrogen-bond acceptors (Lipinski definition) is 7. The summed E-state index contributed by atoms with van der Waals surface area (Å²) in [5.74, 6) is -0.304. The van der Waals surface area contributed by atoms with Gasteiger partial charge in [0, 0.05) is 31.1 Å². The van der Waals surface area contributed by atoms with Crippen molar-refractivity contribution < 1.29 is 23.8 Å². The van der Waals surface area contributed by atoms with Crippen LogP contribution in [0.15, 0.2) is 36.5 Å². The predicted molar refractivity (Wildman–Crippen MR) is 118 cm³/mol. The highest BCUT2D eigenvalue weighted by molar-refractivity contribution is 6.14. The summed E-state index contributed by atoms with van der Waals surface area (Å²) >= 11 is 0. The third kappa shape index (κ3) is 4.61. The number of carbonyl (C=O) groups excluding carboxylic acids is 2. The molecule has 0 saturated carbocycles. The molecule has 2 N–H and O–H groups in total. The number of fused-ring (bicyclic) bond motifs is 1. The van der Waals surface area contributed by atoms with E-state index in [-0.39, 0.29) is 17.6 Å². The van der Waals surface area contributed by atoms with E-state index in [4.69, 9.17) is 14.2 Å². The van der Waals surface area contributed by atoms with E-state index in [2.05, 4.69) is 15.6 Å². The van der Waals surface area contributed by atoms with Crippen LogP contribution in [0.1, 0.15) is 27.8 Å². The fraction of sp³-hybridized carbons (Fsp3) is 0.318. The number of aryl methyl sites for hydroxylation is 1. The lowest BCUT2D eigenvalue weighted by atomic mass is 10.2. The van der Waals surface area contributed by atoms with Crippen molar-refractivity contribution in [3.63, 3.8) is 0 Å². The van der Waals surface area contributed by atoms with Crippen LogP contribution in [-0.4, -0.2) is 55.4 Å². The second-order valence-electron chi connectivity index (χ2n) is 7.05. The molecule has 0 saturated heterocycles. The van der Waals surface area contributed by atoms with Crippen LogP contribution < -0.4 is 15.4 Å². The number of benzene rings is 1. The summed E-state index contributed by atoms with van der Waals surface area (Å²) in [6.45, 7) is 2.49. The maximum Gasteiger partial charge on any atom is 0.356 e. The van der Waals surface area contributed by atoms with E-state index in [0.717, 1.165) is 5.69 Å². The van der Waals surface area contributed by atoms with Crippen LogP contribution in [0, 0.1) is 0 Å². The zero-order valence-corrected chi connectivity index (χ0v) is 18.2. The summed E-state index contributed by atoms with van der Waals surface area (Å²) in [6.07, 6.45) is 1.67. The van der Waals surface area contributed by atoms with Crippen LogP contribution in [0.3, 0.4) is 0 Å². The Morgan fingerprint density at radius 3 is 2.48 bits per heavy atom. The van der Waals surface area contributed by atoms with E-state index in [0.29, 0.717) is 34.6 Å².